The summed E-state index contributed by atoms with van der Waals surface area (Å²) in [5.74, 6) is 0.566. The molecule has 0 aliphatic carbocycles. The van der Waals surface area contributed by atoms with E-state index in [0.717, 1.165) is 13.2 Å². The number of rotatable bonds is 3. The Labute approximate surface area is 80.7 Å². The Kier molecular flexibility index (Phi) is 3.33. The van der Waals surface area contributed by atoms with Crippen LogP contribution in [0.15, 0.2) is 0 Å². The number of likely N-dealkylation sites (N-methyl/N-ethyl adjacent to an activating group) is 1. The zero-order valence-electron chi connectivity index (χ0n) is 9.08. The van der Waals surface area contributed by atoms with E-state index in [2.05, 4.69) is 32.7 Å². The molecule has 0 aromatic carbocycles. The van der Waals surface area contributed by atoms with Crippen molar-refractivity contribution in [3.05, 3.63) is 0 Å². The predicted molar refractivity (Wildman–Crippen MR) is 52.7 cm³/mol. The number of aliphatic hydroxyl groups is 1. The predicted octanol–water partition coefficient (Wildman–Crippen LogP) is 0.724. The van der Waals surface area contributed by atoms with E-state index in [1.807, 2.05) is 0 Å². The summed E-state index contributed by atoms with van der Waals surface area (Å²) in [5.41, 5.74) is -0.146. The van der Waals surface area contributed by atoms with Gasteiger partial charge in [-0.15, -0.1) is 0 Å². The van der Waals surface area contributed by atoms with Gasteiger partial charge in [-0.2, -0.15) is 0 Å². The van der Waals surface area contributed by atoms with Crippen molar-refractivity contribution in [2.75, 3.05) is 26.9 Å². The van der Waals surface area contributed by atoms with Gasteiger partial charge in [0.25, 0.3) is 0 Å². The molecule has 2 unspecified atom stereocenters. The van der Waals surface area contributed by atoms with E-state index in [1.165, 1.54) is 0 Å². The van der Waals surface area contributed by atoms with Crippen molar-refractivity contribution in [2.45, 2.75) is 32.4 Å². The maximum absolute atomic E-state index is 9.23. The van der Waals surface area contributed by atoms with Gasteiger partial charge in [-0.3, -0.25) is 4.90 Å². The maximum Gasteiger partial charge on any atom is 0.0625 e. The molecule has 0 radical (unpaired) electrons. The molecule has 2 atom stereocenters. The Balaban J connectivity index is 2.60. The lowest BCUT2D eigenvalue weighted by molar-refractivity contribution is 0.0320. The second kappa shape index (κ2) is 3.95. The van der Waals surface area contributed by atoms with Crippen LogP contribution in [-0.2, 0) is 4.74 Å². The van der Waals surface area contributed by atoms with Crippen LogP contribution in [0.1, 0.15) is 20.8 Å². The lowest BCUT2D eigenvalue weighted by Crippen LogP contribution is -2.51. The van der Waals surface area contributed by atoms with Gasteiger partial charge in [0.05, 0.1) is 19.8 Å². The molecule has 13 heavy (non-hydrogen) atoms. The molecular formula is C10H21NO2. The average molecular weight is 187 g/mol. The molecule has 1 saturated heterocycles. The molecule has 0 saturated carbocycles. The maximum atomic E-state index is 9.23. The van der Waals surface area contributed by atoms with Crippen LogP contribution in [0.25, 0.3) is 0 Å². The highest BCUT2D eigenvalue weighted by molar-refractivity contribution is 4.88. The number of ether oxygens (including phenoxy) is 1. The van der Waals surface area contributed by atoms with Crippen molar-refractivity contribution in [3.63, 3.8) is 0 Å². The second-order valence-electron chi connectivity index (χ2n) is 4.66. The van der Waals surface area contributed by atoms with Crippen molar-refractivity contribution in [3.8, 4) is 0 Å². The molecular weight excluding hydrogens is 166 g/mol. The van der Waals surface area contributed by atoms with E-state index in [-0.39, 0.29) is 12.1 Å². The first-order valence-electron chi connectivity index (χ1n) is 4.90. The van der Waals surface area contributed by atoms with Gasteiger partial charge in [0.15, 0.2) is 0 Å². The summed E-state index contributed by atoms with van der Waals surface area (Å²) in [6, 6.07) is 0.446. The standard InChI is InChI=1S/C10H21NO2/c1-8-5-13-6-9(8)11(4)10(2,3)7-12/h8-9,12H,5-7H2,1-4H3. The number of nitrogens with zero attached hydrogens (tertiary/aromatic N) is 1. The largest absolute Gasteiger partial charge is 0.394 e. The highest BCUT2D eigenvalue weighted by Gasteiger charge is 2.35. The van der Waals surface area contributed by atoms with Crippen LogP contribution < -0.4 is 0 Å². The summed E-state index contributed by atoms with van der Waals surface area (Å²) in [5, 5.41) is 9.23. The third-order valence-electron chi connectivity index (χ3n) is 3.17. The second-order valence-corrected chi connectivity index (χ2v) is 4.66. The molecule has 1 fully saturated rings. The molecule has 3 nitrogen and oxygen atoms in total. The lowest BCUT2D eigenvalue weighted by Gasteiger charge is -2.39. The van der Waals surface area contributed by atoms with Crippen LogP contribution in [0.3, 0.4) is 0 Å². The van der Waals surface area contributed by atoms with Crippen molar-refractivity contribution >= 4 is 0 Å². The Morgan fingerprint density at radius 3 is 2.46 bits per heavy atom. The van der Waals surface area contributed by atoms with E-state index in [4.69, 9.17) is 4.74 Å². The zero-order chi connectivity index (χ0) is 10.1. The van der Waals surface area contributed by atoms with E-state index in [9.17, 15) is 5.11 Å². The molecule has 1 aliphatic rings. The van der Waals surface area contributed by atoms with Crippen LogP contribution in [0.4, 0.5) is 0 Å². The molecule has 1 aliphatic heterocycles. The quantitative estimate of drug-likeness (QED) is 0.707. The highest BCUT2D eigenvalue weighted by atomic mass is 16.5. The minimum Gasteiger partial charge on any atom is -0.394 e. The first-order chi connectivity index (χ1) is 5.99. The fourth-order valence-electron chi connectivity index (χ4n) is 1.70. The Morgan fingerprint density at radius 1 is 1.46 bits per heavy atom. The monoisotopic (exact) mass is 187 g/mol. The Hall–Kier alpha value is -0.120. The smallest absolute Gasteiger partial charge is 0.0625 e. The van der Waals surface area contributed by atoms with Crippen molar-refractivity contribution in [1.82, 2.24) is 4.90 Å². The molecule has 0 aromatic rings. The van der Waals surface area contributed by atoms with Gasteiger partial charge in [-0.25, -0.2) is 0 Å². The molecule has 78 valence electrons. The van der Waals surface area contributed by atoms with Crippen LogP contribution in [-0.4, -0.2) is 48.5 Å². The van der Waals surface area contributed by atoms with Crippen molar-refractivity contribution in [1.29, 1.82) is 0 Å². The first-order valence-corrected chi connectivity index (χ1v) is 4.90. The topological polar surface area (TPSA) is 32.7 Å². The van der Waals surface area contributed by atoms with Crippen molar-refractivity contribution in [2.24, 2.45) is 5.92 Å². The van der Waals surface area contributed by atoms with E-state index in [1.54, 1.807) is 0 Å². The summed E-state index contributed by atoms with van der Waals surface area (Å²) in [4.78, 5) is 2.23. The molecule has 1 N–H and O–H groups in total. The third-order valence-corrected chi connectivity index (χ3v) is 3.17. The van der Waals surface area contributed by atoms with Crippen LogP contribution in [0, 0.1) is 5.92 Å². The molecule has 3 heteroatoms. The van der Waals surface area contributed by atoms with Gasteiger partial charge < -0.3 is 9.84 Å². The minimum absolute atomic E-state index is 0.146. The third kappa shape index (κ3) is 2.22. The summed E-state index contributed by atoms with van der Waals surface area (Å²) >= 11 is 0. The lowest BCUT2D eigenvalue weighted by atomic mass is 9.97. The molecule has 1 rings (SSSR count). The number of hydrogen-bond acceptors (Lipinski definition) is 3. The summed E-state index contributed by atoms with van der Waals surface area (Å²) in [6.07, 6.45) is 0. The minimum atomic E-state index is -0.146. The highest BCUT2D eigenvalue weighted by Crippen LogP contribution is 2.24. The molecule has 0 amide bonds. The van der Waals surface area contributed by atoms with E-state index in [0.29, 0.717) is 12.0 Å². The van der Waals surface area contributed by atoms with Crippen LogP contribution >= 0.6 is 0 Å². The van der Waals surface area contributed by atoms with E-state index >= 15 is 0 Å². The van der Waals surface area contributed by atoms with Gasteiger partial charge in [0, 0.05) is 11.6 Å². The van der Waals surface area contributed by atoms with E-state index < -0.39 is 0 Å². The van der Waals surface area contributed by atoms with Crippen LogP contribution in [0.5, 0.6) is 0 Å². The fraction of sp³-hybridized carbons (Fsp3) is 1.00. The van der Waals surface area contributed by atoms with Gasteiger partial charge >= 0.3 is 0 Å². The van der Waals surface area contributed by atoms with Crippen molar-refractivity contribution < 1.29 is 9.84 Å². The average Bonchev–Trinajstić information content (AvgIpc) is 2.50. The Morgan fingerprint density at radius 2 is 2.08 bits per heavy atom. The zero-order valence-corrected chi connectivity index (χ0v) is 9.08. The Bertz CT molecular complexity index is 170. The van der Waals surface area contributed by atoms with Gasteiger partial charge in [0.1, 0.15) is 0 Å². The summed E-state index contributed by atoms with van der Waals surface area (Å²) in [7, 11) is 2.06. The van der Waals surface area contributed by atoms with Gasteiger partial charge in [-0.05, 0) is 26.8 Å². The fourth-order valence-corrected chi connectivity index (χ4v) is 1.70. The molecule has 0 bridgehead atoms. The van der Waals surface area contributed by atoms with Gasteiger partial charge in [0.2, 0.25) is 0 Å². The number of hydrogen-bond donors (Lipinski definition) is 1. The van der Waals surface area contributed by atoms with Crippen LogP contribution in [0.2, 0.25) is 0 Å². The normalized spacial score (nSPS) is 30.0. The first kappa shape index (κ1) is 11.0. The summed E-state index contributed by atoms with van der Waals surface area (Å²) in [6.45, 7) is 8.13. The number of aliphatic hydroxyl groups excluding tert-OH is 1. The molecule has 1 heterocycles. The van der Waals surface area contributed by atoms with Gasteiger partial charge in [-0.1, -0.05) is 6.92 Å². The SMILES string of the molecule is CC1COCC1N(C)C(C)(C)CO. The molecule has 0 aromatic heterocycles. The summed E-state index contributed by atoms with van der Waals surface area (Å²) < 4.78 is 5.41. The molecule has 0 spiro atoms.